The molecule has 1 aromatic rings. The van der Waals surface area contributed by atoms with Crippen LogP contribution in [0.4, 0.5) is 13.2 Å². The van der Waals surface area contributed by atoms with Gasteiger partial charge in [-0.2, -0.15) is 13.2 Å². The number of esters is 1. The summed E-state index contributed by atoms with van der Waals surface area (Å²) in [5, 5.41) is 0. The third-order valence-corrected chi connectivity index (χ3v) is 2.71. The minimum absolute atomic E-state index is 0.0815. The minimum Gasteiger partial charge on any atom is -0.460 e. The number of benzene rings is 1. The first-order valence-corrected chi connectivity index (χ1v) is 7.04. The van der Waals surface area contributed by atoms with Crippen LogP contribution in [0.25, 0.3) is 0 Å². The second-order valence-corrected chi connectivity index (χ2v) is 5.85. The van der Waals surface area contributed by atoms with Crippen molar-refractivity contribution in [2.75, 3.05) is 13.2 Å². The Morgan fingerprint density at radius 3 is 2.32 bits per heavy atom. The van der Waals surface area contributed by atoms with Gasteiger partial charge in [-0.1, -0.05) is 18.2 Å². The maximum absolute atomic E-state index is 12.8. The lowest BCUT2D eigenvalue weighted by atomic mass is 10.0. The van der Waals surface area contributed by atoms with Crippen LogP contribution >= 0.6 is 0 Å². The highest BCUT2D eigenvalue weighted by Gasteiger charge is 2.32. The van der Waals surface area contributed by atoms with Gasteiger partial charge in [0, 0.05) is 0 Å². The third kappa shape index (κ3) is 6.93. The fraction of sp³-hybridized carbons (Fsp3) is 0.562. The summed E-state index contributed by atoms with van der Waals surface area (Å²) in [6.07, 6.45) is -4.14. The molecule has 6 heteroatoms. The molecule has 0 saturated carbocycles. The first-order valence-electron chi connectivity index (χ1n) is 7.04. The van der Waals surface area contributed by atoms with Gasteiger partial charge in [0.2, 0.25) is 0 Å². The number of carbonyl (C=O) groups excluding carboxylic acids is 1. The topological polar surface area (TPSA) is 35.5 Å². The van der Waals surface area contributed by atoms with E-state index in [9.17, 15) is 18.0 Å². The first-order chi connectivity index (χ1) is 10.1. The predicted octanol–water partition coefficient (Wildman–Crippen LogP) is 4.00. The molecule has 0 N–H and O–H groups in total. The van der Waals surface area contributed by atoms with Crippen LogP contribution in [0.2, 0.25) is 0 Å². The van der Waals surface area contributed by atoms with Gasteiger partial charge < -0.3 is 9.47 Å². The molecule has 0 aromatic heterocycles. The van der Waals surface area contributed by atoms with Crippen LogP contribution in [0.1, 0.15) is 38.3 Å². The average molecular weight is 318 g/mol. The number of hydrogen-bond acceptors (Lipinski definition) is 3. The molecule has 0 radical (unpaired) electrons. The summed E-state index contributed by atoms with van der Waals surface area (Å²) < 4.78 is 48.7. The average Bonchev–Trinajstić information content (AvgIpc) is 2.35. The lowest BCUT2D eigenvalue weighted by molar-refractivity contribution is -0.156. The summed E-state index contributed by atoms with van der Waals surface area (Å²) in [5.41, 5.74) is -1.01. The van der Waals surface area contributed by atoms with E-state index in [2.05, 4.69) is 0 Å². The molecule has 0 aliphatic rings. The fourth-order valence-corrected chi connectivity index (χ4v) is 1.85. The van der Waals surface area contributed by atoms with Gasteiger partial charge in [-0.3, -0.25) is 4.79 Å². The van der Waals surface area contributed by atoms with Crippen molar-refractivity contribution in [3.8, 4) is 0 Å². The molecule has 0 amide bonds. The zero-order valence-electron chi connectivity index (χ0n) is 13.0. The number of rotatable bonds is 6. The highest BCUT2D eigenvalue weighted by atomic mass is 19.4. The van der Waals surface area contributed by atoms with Gasteiger partial charge in [-0.15, -0.1) is 0 Å². The molecule has 1 aromatic carbocycles. The monoisotopic (exact) mass is 318 g/mol. The van der Waals surface area contributed by atoms with E-state index in [1.807, 2.05) is 0 Å². The maximum Gasteiger partial charge on any atom is 0.416 e. The van der Waals surface area contributed by atoms with Gasteiger partial charge >= 0.3 is 12.1 Å². The molecule has 0 heterocycles. The first kappa shape index (κ1) is 18.5. The van der Waals surface area contributed by atoms with Crippen molar-refractivity contribution in [1.82, 2.24) is 0 Å². The van der Waals surface area contributed by atoms with Gasteiger partial charge in [0.15, 0.2) is 0 Å². The lowest BCUT2D eigenvalue weighted by Crippen LogP contribution is -2.24. The van der Waals surface area contributed by atoms with Crippen molar-refractivity contribution in [1.29, 1.82) is 0 Å². The fourth-order valence-electron chi connectivity index (χ4n) is 1.85. The van der Waals surface area contributed by atoms with Crippen LogP contribution in [0.15, 0.2) is 24.3 Å². The number of ether oxygens (including phenoxy) is 2. The Labute approximate surface area is 128 Å². The van der Waals surface area contributed by atoms with E-state index in [4.69, 9.17) is 9.47 Å². The molecular weight excluding hydrogens is 297 g/mol. The van der Waals surface area contributed by atoms with Gasteiger partial charge in [0.05, 0.1) is 25.2 Å². The van der Waals surface area contributed by atoms with E-state index in [1.54, 1.807) is 26.8 Å². The largest absolute Gasteiger partial charge is 0.460 e. The van der Waals surface area contributed by atoms with Gasteiger partial charge in [0.25, 0.3) is 0 Å². The van der Waals surface area contributed by atoms with E-state index >= 15 is 0 Å². The summed E-state index contributed by atoms with van der Waals surface area (Å²) in [4.78, 5) is 11.4. The van der Waals surface area contributed by atoms with Crippen LogP contribution in [0.5, 0.6) is 0 Å². The quantitative estimate of drug-likeness (QED) is 0.587. The van der Waals surface area contributed by atoms with E-state index in [0.29, 0.717) is 0 Å². The molecule has 3 nitrogen and oxygen atoms in total. The molecule has 0 aliphatic heterocycles. The molecule has 22 heavy (non-hydrogen) atoms. The zero-order valence-corrected chi connectivity index (χ0v) is 13.0. The Bertz CT molecular complexity index is 490. The van der Waals surface area contributed by atoms with Crippen LogP contribution in [-0.2, 0) is 26.9 Å². The highest BCUT2D eigenvalue weighted by Crippen LogP contribution is 2.31. The third-order valence-electron chi connectivity index (χ3n) is 2.71. The molecule has 0 saturated heterocycles. The van der Waals surface area contributed by atoms with Gasteiger partial charge in [0.1, 0.15) is 5.60 Å². The second-order valence-electron chi connectivity index (χ2n) is 5.85. The maximum atomic E-state index is 12.8. The van der Waals surface area contributed by atoms with Gasteiger partial charge in [-0.05, 0) is 38.8 Å². The molecule has 0 aliphatic carbocycles. The highest BCUT2D eigenvalue weighted by molar-refractivity contribution is 5.69. The molecule has 124 valence electrons. The van der Waals surface area contributed by atoms with Crippen LogP contribution < -0.4 is 0 Å². The molecule has 0 spiro atoms. The minimum atomic E-state index is -4.37. The van der Waals surface area contributed by atoms with Crippen molar-refractivity contribution in [2.45, 2.75) is 45.4 Å². The van der Waals surface area contributed by atoms with Crippen LogP contribution in [0, 0.1) is 0 Å². The van der Waals surface area contributed by atoms with Crippen molar-refractivity contribution >= 4 is 5.97 Å². The number of alkyl halides is 3. The SMILES string of the molecule is CC(C)(C)OC(=O)CCOCCc1ccccc1C(F)(F)F. The molecule has 0 fully saturated rings. The number of halogens is 3. The van der Waals surface area contributed by atoms with Gasteiger partial charge in [-0.25, -0.2) is 0 Å². The van der Waals surface area contributed by atoms with Crippen molar-refractivity contribution in [2.24, 2.45) is 0 Å². The summed E-state index contributed by atoms with van der Waals surface area (Å²) in [7, 11) is 0. The summed E-state index contributed by atoms with van der Waals surface area (Å²) in [6, 6.07) is 5.40. The Morgan fingerprint density at radius 1 is 1.09 bits per heavy atom. The van der Waals surface area contributed by atoms with Crippen molar-refractivity contribution in [3.63, 3.8) is 0 Å². The molecule has 0 bridgehead atoms. The summed E-state index contributed by atoms with van der Waals surface area (Å²) in [5.74, 6) is -0.386. The molecule has 0 atom stereocenters. The molecule has 0 unspecified atom stereocenters. The summed E-state index contributed by atoms with van der Waals surface area (Å²) in [6.45, 7) is 5.54. The van der Waals surface area contributed by atoms with Crippen molar-refractivity contribution in [3.05, 3.63) is 35.4 Å². The Morgan fingerprint density at radius 2 is 1.73 bits per heavy atom. The molecular formula is C16H21F3O3. The van der Waals surface area contributed by atoms with Crippen LogP contribution in [0.3, 0.4) is 0 Å². The predicted molar refractivity (Wildman–Crippen MR) is 76.4 cm³/mol. The Hall–Kier alpha value is -1.56. The summed E-state index contributed by atoms with van der Waals surface area (Å²) >= 11 is 0. The standard InChI is InChI=1S/C16H21F3O3/c1-15(2,3)22-14(20)9-11-21-10-8-12-6-4-5-7-13(12)16(17,18)19/h4-7H,8-11H2,1-3H3. The van der Waals surface area contributed by atoms with E-state index in [-0.39, 0.29) is 37.6 Å². The number of hydrogen-bond donors (Lipinski definition) is 0. The lowest BCUT2D eigenvalue weighted by Gasteiger charge is -2.19. The Kier molecular flexibility index (Phi) is 6.41. The normalized spacial score (nSPS) is 12.3. The molecule has 1 rings (SSSR count). The van der Waals surface area contributed by atoms with E-state index in [1.165, 1.54) is 12.1 Å². The number of carbonyl (C=O) groups is 1. The zero-order chi connectivity index (χ0) is 16.8. The smallest absolute Gasteiger partial charge is 0.416 e. The van der Waals surface area contributed by atoms with E-state index in [0.717, 1.165) is 6.07 Å². The second kappa shape index (κ2) is 7.63. The van der Waals surface area contributed by atoms with Crippen molar-refractivity contribution < 1.29 is 27.4 Å². The Balaban J connectivity index is 2.36. The van der Waals surface area contributed by atoms with Crippen LogP contribution in [-0.4, -0.2) is 24.8 Å². The van der Waals surface area contributed by atoms with E-state index < -0.39 is 17.3 Å².